The third-order valence-electron chi connectivity index (χ3n) is 5.89. The second kappa shape index (κ2) is 8.72. The molecule has 1 aromatic carbocycles. The zero-order valence-electron chi connectivity index (χ0n) is 17.1. The van der Waals surface area contributed by atoms with Crippen LogP contribution in [0.3, 0.4) is 0 Å². The maximum atomic E-state index is 14.6. The molecule has 2 aliphatic rings. The van der Waals surface area contributed by atoms with Gasteiger partial charge in [0.05, 0.1) is 11.8 Å². The van der Waals surface area contributed by atoms with E-state index in [1.807, 2.05) is 6.20 Å². The predicted molar refractivity (Wildman–Crippen MR) is 110 cm³/mol. The number of terminal acetylenes is 1. The lowest BCUT2D eigenvalue weighted by Gasteiger charge is -2.29. The fourth-order valence-corrected chi connectivity index (χ4v) is 4.26. The number of nitrogens with zero attached hydrogens (tertiary/aromatic N) is 3. The van der Waals surface area contributed by atoms with Crippen molar-refractivity contribution >= 4 is 17.7 Å². The molecule has 3 heterocycles. The average molecular weight is 422 g/mol. The molecule has 0 saturated carbocycles. The number of carbonyl (C=O) groups is 3. The first-order chi connectivity index (χ1) is 15.0. The van der Waals surface area contributed by atoms with Crippen molar-refractivity contribution in [3.05, 3.63) is 52.6 Å². The molecule has 0 spiro atoms. The van der Waals surface area contributed by atoms with Gasteiger partial charge in [-0.3, -0.25) is 24.4 Å². The Labute approximate surface area is 179 Å². The summed E-state index contributed by atoms with van der Waals surface area (Å²) >= 11 is 0. The second-order valence-corrected chi connectivity index (χ2v) is 7.90. The van der Waals surface area contributed by atoms with Crippen LogP contribution in [0.1, 0.15) is 59.2 Å². The molecule has 1 N–H and O–H groups in total. The molecule has 0 radical (unpaired) electrons. The Hall–Kier alpha value is -3.47. The summed E-state index contributed by atoms with van der Waals surface area (Å²) in [6, 6.07) is 2.12. The van der Waals surface area contributed by atoms with Gasteiger partial charge in [0.15, 0.2) is 0 Å². The Morgan fingerprint density at radius 2 is 2.06 bits per heavy atom. The Balaban J connectivity index is 1.38. The molecule has 4 rings (SSSR count). The monoisotopic (exact) mass is 422 g/mol. The number of aromatic nitrogens is 2. The lowest BCUT2D eigenvalue weighted by molar-refractivity contribution is -0.136. The minimum Gasteiger partial charge on any atom is -0.322 e. The number of nitrogens with one attached hydrogen (secondary N) is 1. The van der Waals surface area contributed by atoms with Gasteiger partial charge < -0.3 is 4.90 Å². The van der Waals surface area contributed by atoms with Crippen LogP contribution < -0.4 is 5.32 Å². The number of benzene rings is 1. The molecule has 7 nitrogen and oxygen atoms in total. The number of unbranched alkanes of at least 4 members (excludes halogenated alkanes) is 2. The van der Waals surface area contributed by atoms with Crippen molar-refractivity contribution in [2.24, 2.45) is 0 Å². The minimum atomic E-state index is -0.699. The maximum absolute atomic E-state index is 14.6. The molecule has 1 aromatic heterocycles. The molecule has 1 unspecified atom stereocenters. The molecule has 31 heavy (non-hydrogen) atoms. The van der Waals surface area contributed by atoms with Crippen molar-refractivity contribution in [2.75, 3.05) is 0 Å². The molecule has 1 saturated heterocycles. The highest BCUT2D eigenvalue weighted by Gasteiger charge is 2.40. The fraction of sp³-hybridized carbons (Fsp3) is 0.391. The van der Waals surface area contributed by atoms with Gasteiger partial charge in [-0.05, 0) is 48.9 Å². The van der Waals surface area contributed by atoms with Gasteiger partial charge >= 0.3 is 0 Å². The quantitative estimate of drug-likeness (QED) is 0.421. The van der Waals surface area contributed by atoms with E-state index in [2.05, 4.69) is 16.3 Å². The maximum Gasteiger partial charge on any atom is 0.255 e. The molecule has 0 aliphatic carbocycles. The van der Waals surface area contributed by atoms with Crippen molar-refractivity contribution in [3.8, 4) is 12.3 Å². The molecule has 0 bridgehead atoms. The number of amides is 3. The number of halogens is 1. The van der Waals surface area contributed by atoms with E-state index in [4.69, 9.17) is 6.42 Å². The summed E-state index contributed by atoms with van der Waals surface area (Å²) in [5.41, 5.74) is 2.38. The van der Waals surface area contributed by atoms with Gasteiger partial charge in [0.2, 0.25) is 11.8 Å². The number of fused-ring (bicyclic) bond motifs is 1. The van der Waals surface area contributed by atoms with Crippen LogP contribution in [0.2, 0.25) is 0 Å². The summed E-state index contributed by atoms with van der Waals surface area (Å²) in [5, 5.41) is 6.48. The first-order valence-corrected chi connectivity index (χ1v) is 10.4. The number of rotatable bonds is 7. The van der Waals surface area contributed by atoms with E-state index in [0.29, 0.717) is 23.1 Å². The van der Waals surface area contributed by atoms with Gasteiger partial charge in [-0.25, -0.2) is 4.39 Å². The Morgan fingerprint density at radius 1 is 1.23 bits per heavy atom. The number of aryl methyl sites for hydroxylation is 1. The zero-order chi connectivity index (χ0) is 22.0. The summed E-state index contributed by atoms with van der Waals surface area (Å²) in [6.45, 7) is 0.925. The zero-order valence-corrected chi connectivity index (χ0v) is 17.1. The van der Waals surface area contributed by atoms with E-state index in [0.717, 1.165) is 31.4 Å². The predicted octanol–water partition coefficient (Wildman–Crippen LogP) is 2.18. The van der Waals surface area contributed by atoms with E-state index in [-0.39, 0.29) is 37.0 Å². The van der Waals surface area contributed by atoms with Crippen molar-refractivity contribution in [2.45, 2.75) is 57.7 Å². The van der Waals surface area contributed by atoms with E-state index in [9.17, 15) is 18.8 Å². The van der Waals surface area contributed by atoms with Crippen molar-refractivity contribution in [1.29, 1.82) is 0 Å². The van der Waals surface area contributed by atoms with Gasteiger partial charge in [0.25, 0.3) is 5.91 Å². The largest absolute Gasteiger partial charge is 0.322 e. The number of imide groups is 1. The van der Waals surface area contributed by atoms with E-state index < -0.39 is 11.9 Å². The first-order valence-electron chi connectivity index (χ1n) is 10.4. The Bertz CT molecular complexity index is 1080. The van der Waals surface area contributed by atoms with Crippen LogP contribution >= 0.6 is 0 Å². The number of piperidine rings is 1. The lowest BCUT2D eigenvalue weighted by atomic mass is 9.97. The summed E-state index contributed by atoms with van der Waals surface area (Å²) in [5.74, 6) is 1.13. The van der Waals surface area contributed by atoms with E-state index in [1.54, 1.807) is 10.9 Å². The first kappa shape index (κ1) is 20.8. The Morgan fingerprint density at radius 3 is 2.81 bits per heavy atom. The molecule has 2 aromatic rings. The molecule has 3 amide bonds. The van der Waals surface area contributed by atoms with Crippen LogP contribution in [-0.4, -0.2) is 38.4 Å². The summed E-state index contributed by atoms with van der Waals surface area (Å²) in [6.07, 6.45) is 12.3. The van der Waals surface area contributed by atoms with Gasteiger partial charge in [-0.15, -0.1) is 6.42 Å². The third kappa shape index (κ3) is 4.22. The van der Waals surface area contributed by atoms with Gasteiger partial charge in [-0.2, -0.15) is 5.10 Å². The molecular formula is C23H23FN4O3. The molecular weight excluding hydrogens is 399 g/mol. The lowest BCUT2D eigenvalue weighted by Crippen LogP contribution is -2.52. The molecule has 2 aliphatic heterocycles. The topological polar surface area (TPSA) is 84.3 Å². The number of carbonyl (C=O) groups excluding carboxylic acids is 3. The second-order valence-electron chi connectivity index (χ2n) is 7.90. The highest BCUT2D eigenvalue weighted by atomic mass is 19.1. The van der Waals surface area contributed by atoms with Crippen LogP contribution in [0.5, 0.6) is 0 Å². The van der Waals surface area contributed by atoms with Crippen LogP contribution in [0.15, 0.2) is 24.5 Å². The smallest absolute Gasteiger partial charge is 0.255 e. The molecule has 1 atom stereocenters. The third-order valence-corrected chi connectivity index (χ3v) is 5.89. The number of hydrogen-bond donors (Lipinski definition) is 1. The molecule has 160 valence electrons. The van der Waals surface area contributed by atoms with Crippen LogP contribution in [0, 0.1) is 18.2 Å². The van der Waals surface area contributed by atoms with Crippen molar-refractivity contribution in [1.82, 2.24) is 20.0 Å². The van der Waals surface area contributed by atoms with Gasteiger partial charge in [0.1, 0.15) is 11.9 Å². The minimum absolute atomic E-state index is 0.190. The van der Waals surface area contributed by atoms with Crippen molar-refractivity contribution in [3.63, 3.8) is 0 Å². The van der Waals surface area contributed by atoms with E-state index in [1.165, 1.54) is 17.0 Å². The molecule has 1 fully saturated rings. The van der Waals surface area contributed by atoms with Crippen LogP contribution in [-0.2, 0) is 29.1 Å². The fourth-order valence-electron chi connectivity index (χ4n) is 4.26. The van der Waals surface area contributed by atoms with Gasteiger partial charge in [-0.1, -0.05) is 12.3 Å². The highest BCUT2D eigenvalue weighted by molar-refractivity contribution is 6.05. The highest BCUT2D eigenvalue weighted by Crippen LogP contribution is 2.32. The van der Waals surface area contributed by atoms with Crippen molar-refractivity contribution < 1.29 is 18.8 Å². The summed E-state index contributed by atoms with van der Waals surface area (Å²) in [7, 11) is 0. The normalized spacial score (nSPS) is 18.1. The Kier molecular flexibility index (Phi) is 5.85. The SMILES string of the molecule is C#Cc1cnn(CCCCCc2c(F)ccc3c2CN(C2CCC(=O)NC2=O)C3=O)c1. The molecule has 8 heteroatoms. The van der Waals surface area contributed by atoms with Crippen LogP contribution in [0.25, 0.3) is 0 Å². The number of hydrogen-bond acceptors (Lipinski definition) is 4. The summed E-state index contributed by atoms with van der Waals surface area (Å²) in [4.78, 5) is 37.9. The standard InChI is InChI=1S/C23H23FN4O3/c1-2-15-12-25-27(13-15)11-5-3-4-6-16-18-14-28(20-9-10-21(29)26-22(20)30)23(31)17(18)7-8-19(16)24/h1,7-8,12-13,20H,3-6,9-11,14H2,(H,26,29,30). The average Bonchev–Trinajstić information content (AvgIpc) is 3.34. The van der Waals surface area contributed by atoms with E-state index >= 15 is 0 Å². The van der Waals surface area contributed by atoms with Crippen LogP contribution in [0.4, 0.5) is 4.39 Å². The summed E-state index contributed by atoms with van der Waals surface area (Å²) < 4.78 is 16.4. The van der Waals surface area contributed by atoms with Gasteiger partial charge in [0, 0.05) is 31.3 Å².